The van der Waals surface area contributed by atoms with Crippen LogP contribution in [0.25, 0.3) is 6.08 Å². The Labute approximate surface area is 139 Å². The van der Waals surface area contributed by atoms with Gasteiger partial charge in [-0.3, -0.25) is 4.79 Å². The van der Waals surface area contributed by atoms with Crippen molar-refractivity contribution in [2.45, 2.75) is 51.5 Å². The summed E-state index contributed by atoms with van der Waals surface area (Å²) in [5.74, 6) is 0.952. The Hall–Kier alpha value is -2.02. The van der Waals surface area contributed by atoms with Gasteiger partial charge in [0.15, 0.2) is 5.82 Å². The molecule has 0 atom stereocenters. The van der Waals surface area contributed by atoms with Crippen LogP contribution in [-0.4, -0.2) is 21.0 Å². The van der Waals surface area contributed by atoms with Gasteiger partial charge in [-0.2, -0.15) is 4.98 Å². The first-order chi connectivity index (χ1) is 11.1. The van der Waals surface area contributed by atoms with Gasteiger partial charge in [-0.05, 0) is 25.8 Å². The number of rotatable bonds is 4. The number of nitrogens with one attached hydrogen (secondary N) is 1. The maximum absolute atomic E-state index is 12.4. The molecule has 1 fully saturated rings. The quantitative estimate of drug-likeness (QED) is 0.870. The number of aryl methyl sites for hydroxylation is 2. The zero-order valence-electron chi connectivity index (χ0n) is 13.3. The molecule has 7 heteroatoms. The van der Waals surface area contributed by atoms with Crippen LogP contribution in [0.3, 0.4) is 0 Å². The van der Waals surface area contributed by atoms with Crippen molar-refractivity contribution in [1.82, 2.24) is 20.4 Å². The van der Waals surface area contributed by atoms with Crippen molar-refractivity contribution in [2.75, 3.05) is 0 Å². The second kappa shape index (κ2) is 6.62. The molecule has 0 unspecified atom stereocenters. The molecule has 1 aliphatic carbocycles. The monoisotopic (exact) mass is 332 g/mol. The van der Waals surface area contributed by atoms with Crippen molar-refractivity contribution in [2.24, 2.45) is 0 Å². The number of aromatic nitrogens is 3. The minimum absolute atomic E-state index is 0.153. The van der Waals surface area contributed by atoms with E-state index in [0.717, 1.165) is 36.4 Å². The highest BCUT2D eigenvalue weighted by molar-refractivity contribution is 7.09. The zero-order valence-corrected chi connectivity index (χ0v) is 14.2. The smallest absolute Gasteiger partial charge is 0.244 e. The van der Waals surface area contributed by atoms with Gasteiger partial charge in [-0.25, -0.2) is 4.98 Å². The van der Waals surface area contributed by atoms with E-state index in [-0.39, 0.29) is 5.91 Å². The highest BCUT2D eigenvalue weighted by atomic mass is 32.1. The zero-order chi connectivity index (χ0) is 16.3. The maximum Gasteiger partial charge on any atom is 0.244 e. The summed E-state index contributed by atoms with van der Waals surface area (Å²) in [6.45, 7) is 3.71. The van der Waals surface area contributed by atoms with Gasteiger partial charge < -0.3 is 9.84 Å². The third-order valence-corrected chi connectivity index (χ3v) is 4.86. The third kappa shape index (κ3) is 3.67. The van der Waals surface area contributed by atoms with E-state index >= 15 is 0 Å². The van der Waals surface area contributed by atoms with E-state index in [0.29, 0.717) is 11.7 Å². The van der Waals surface area contributed by atoms with Gasteiger partial charge in [0.1, 0.15) is 5.54 Å². The van der Waals surface area contributed by atoms with E-state index in [9.17, 15) is 4.79 Å². The second-order valence-electron chi connectivity index (χ2n) is 5.89. The second-order valence-corrected chi connectivity index (χ2v) is 6.96. The Morgan fingerprint density at radius 1 is 1.30 bits per heavy atom. The lowest BCUT2D eigenvalue weighted by Crippen LogP contribution is -2.47. The fourth-order valence-corrected chi connectivity index (χ4v) is 3.53. The molecule has 0 radical (unpaired) electrons. The summed E-state index contributed by atoms with van der Waals surface area (Å²) < 4.78 is 5.12. The summed E-state index contributed by atoms with van der Waals surface area (Å²) in [6, 6.07) is 0. The number of thiazole rings is 1. The van der Waals surface area contributed by atoms with Gasteiger partial charge in [0, 0.05) is 18.4 Å². The standard InChI is InChI=1S/C16H20N4O2S/c1-11-17-15(20-22-11)16(8-4-3-5-9-16)19-14(21)7-6-13-10-23-12(2)18-13/h6-7,10H,3-5,8-9H2,1-2H3,(H,19,21)/b7-6-. The van der Waals surface area contributed by atoms with Crippen molar-refractivity contribution in [3.63, 3.8) is 0 Å². The SMILES string of the molecule is Cc1nc(C2(NC(=O)/C=C\c3csc(C)n3)CCCCC2)no1. The Balaban J connectivity index is 1.76. The van der Waals surface area contributed by atoms with E-state index in [1.54, 1.807) is 24.3 Å². The van der Waals surface area contributed by atoms with E-state index in [4.69, 9.17) is 4.52 Å². The van der Waals surface area contributed by atoms with E-state index in [1.807, 2.05) is 12.3 Å². The number of carbonyl (C=O) groups excluding carboxylic acids is 1. The molecule has 23 heavy (non-hydrogen) atoms. The topological polar surface area (TPSA) is 80.9 Å². The molecule has 1 aliphatic rings. The molecule has 0 aromatic carbocycles. The van der Waals surface area contributed by atoms with Crippen LogP contribution < -0.4 is 5.32 Å². The maximum atomic E-state index is 12.4. The lowest BCUT2D eigenvalue weighted by Gasteiger charge is -2.34. The van der Waals surface area contributed by atoms with Crippen molar-refractivity contribution in [3.05, 3.63) is 33.9 Å². The van der Waals surface area contributed by atoms with Crippen molar-refractivity contribution < 1.29 is 9.32 Å². The number of hydrogen-bond donors (Lipinski definition) is 1. The lowest BCUT2D eigenvalue weighted by molar-refractivity contribution is -0.119. The molecule has 6 nitrogen and oxygen atoms in total. The largest absolute Gasteiger partial charge is 0.340 e. The highest BCUT2D eigenvalue weighted by Gasteiger charge is 2.39. The molecule has 0 saturated heterocycles. The van der Waals surface area contributed by atoms with Gasteiger partial charge >= 0.3 is 0 Å². The molecule has 1 saturated carbocycles. The molecule has 1 amide bonds. The Kier molecular flexibility index (Phi) is 4.56. The van der Waals surface area contributed by atoms with Crippen LogP contribution in [0.15, 0.2) is 16.0 Å². The van der Waals surface area contributed by atoms with E-state index in [2.05, 4.69) is 20.4 Å². The predicted octanol–water partition coefficient (Wildman–Crippen LogP) is 3.13. The van der Waals surface area contributed by atoms with Gasteiger partial charge in [0.2, 0.25) is 11.8 Å². The summed E-state index contributed by atoms with van der Waals surface area (Å²) in [6.07, 6.45) is 8.19. The summed E-state index contributed by atoms with van der Waals surface area (Å²) >= 11 is 1.56. The summed E-state index contributed by atoms with van der Waals surface area (Å²) in [7, 11) is 0. The lowest BCUT2D eigenvalue weighted by atomic mass is 9.81. The molecular weight excluding hydrogens is 312 g/mol. The predicted molar refractivity (Wildman–Crippen MR) is 87.8 cm³/mol. The Morgan fingerprint density at radius 2 is 2.09 bits per heavy atom. The van der Waals surface area contributed by atoms with Crippen molar-refractivity contribution in [1.29, 1.82) is 0 Å². The third-order valence-electron chi connectivity index (χ3n) is 4.07. The van der Waals surface area contributed by atoms with E-state index < -0.39 is 5.54 Å². The van der Waals surface area contributed by atoms with Gasteiger partial charge in [0.05, 0.1) is 10.7 Å². The van der Waals surface area contributed by atoms with Crippen LogP contribution in [0, 0.1) is 13.8 Å². The first kappa shape index (κ1) is 15.9. The average molecular weight is 332 g/mol. The normalized spacial score (nSPS) is 17.5. The van der Waals surface area contributed by atoms with Crippen LogP contribution >= 0.6 is 11.3 Å². The molecule has 3 rings (SSSR count). The molecule has 0 spiro atoms. The van der Waals surface area contributed by atoms with Crippen LogP contribution in [0.4, 0.5) is 0 Å². The molecular formula is C16H20N4O2S. The van der Waals surface area contributed by atoms with Gasteiger partial charge in [-0.15, -0.1) is 11.3 Å². The Bertz CT molecular complexity index is 713. The summed E-state index contributed by atoms with van der Waals surface area (Å²) in [4.78, 5) is 21.0. The first-order valence-electron chi connectivity index (χ1n) is 7.81. The molecule has 2 heterocycles. The van der Waals surface area contributed by atoms with Gasteiger partial charge in [0.25, 0.3) is 0 Å². The fraction of sp³-hybridized carbons (Fsp3) is 0.500. The fourth-order valence-electron chi connectivity index (χ4n) is 2.95. The van der Waals surface area contributed by atoms with Crippen molar-refractivity contribution in [3.8, 4) is 0 Å². The number of nitrogens with zero attached hydrogens (tertiary/aromatic N) is 3. The number of carbonyl (C=O) groups is 1. The molecule has 0 aliphatic heterocycles. The highest BCUT2D eigenvalue weighted by Crippen LogP contribution is 2.35. The summed E-state index contributed by atoms with van der Waals surface area (Å²) in [5.41, 5.74) is 0.283. The van der Waals surface area contributed by atoms with Crippen LogP contribution in [0.5, 0.6) is 0 Å². The van der Waals surface area contributed by atoms with Crippen LogP contribution in [0.2, 0.25) is 0 Å². The number of hydrogen-bond acceptors (Lipinski definition) is 6. The Morgan fingerprint density at radius 3 is 2.70 bits per heavy atom. The van der Waals surface area contributed by atoms with Crippen LogP contribution in [0.1, 0.15) is 54.5 Å². The molecule has 2 aromatic rings. The molecule has 2 aromatic heterocycles. The van der Waals surface area contributed by atoms with Crippen molar-refractivity contribution >= 4 is 23.3 Å². The first-order valence-corrected chi connectivity index (χ1v) is 8.68. The van der Waals surface area contributed by atoms with Gasteiger partial charge in [-0.1, -0.05) is 24.4 Å². The molecule has 122 valence electrons. The number of amides is 1. The molecule has 1 N–H and O–H groups in total. The minimum Gasteiger partial charge on any atom is -0.340 e. The molecule has 0 bridgehead atoms. The summed E-state index contributed by atoms with van der Waals surface area (Å²) in [5, 5.41) is 10.1. The minimum atomic E-state index is -0.518. The van der Waals surface area contributed by atoms with E-state index in [1.165, 1.54) is 12.5 Å². The van der Waals surface area contributed by atoms with Crippen LogP contribution in [-0.2, 0) is 10.3 Å². The average Bonchev–Trinajstić information content (AvgIpc) is 3.15.